The predicted octanol–water partition coefficient (Wildman–Crippen LogP) is 3.79. The molecule has 1 aromatic carbocycles. The molecule has 0 aliphatic heterocycles. The number of esters is 1. The monoisotopic (exact) mass is 464 g/mol. The SMILES string of the molecule is CCOC(=O)Cc1csc(NC(=O)Cc2csc(NC(=O)c3ccc(Cl)cc3)n2)n1. The molecule has 0 radical (unpaired) electrons. The molecule has 0 saturated carbocycles. The number of anilines is 2. The van der Waals surface area contributed by atoms with Crippen LogP contribution in [0.2, 0.25) is 5.02 Å². The lowest BCUT2D eigenvalue weighted by atomic mass is 10.2. The van der Waals surface area contributed by atoms with Gasteiger partial charge in [0.2, 0.25) is 5.91 Å². The van der Waals surface area contributed by atoms with Gasteiger partial charge in [0, 0.05) is 21.3 Å². The van der Waals surface area contributed by atoms with Gasteiger partial charge in [0.25, 0.3) is 5.91 Å². The maximum atomic E-state index is 12.2. The van der Waals surface area contributed by atoms with E-state index in [0.717, 1.165) is 0 Å². The molecule has 2 heterocycles. The van der Waals surface area contributed by atoms with E-state index in [4.69, 9.17) is 16.3 Å². The fourth-order valence-corrected chi connectivity index (χ4v) is 3.91. The summed E-state index contributed by atoms with van der Waals surface area (Å²) in [5.41, 5.74) is 1.51. The van der Waals surface area contributed by atoms with E-state index in [1.165, 1.54) is 22.7 Å². The number of nitrogens with one attached hydrogen (secondary N) is 2. The summed E-state index contributed by atoms with van der Waals surface area (Å²) in [4.78, 5) is 44.4. The molecule has 2 amide bonds. The van der Waals surface area contributed by atoms with Crippen molar-refractivity contribution in [3.8, 4) is 0 Å². The van der Waals surface area contributed by atoms with E-state index in [9.17, 15) is 14.4 Å². The molecule has 2 aromatic heterocycles. The largest absolute Gasteiger partial charge is 0.466 e. The van der Waals surface area contributed by atoms with Crippen molar-refractivity contribution in [3.63, 3.8) is 0 Å². The van der Waals surface area contributed by atoms with E-state index < -0.39 is 0 Å². The molecule has 0 spiro atoms. The molecule has 11 heteroatoms. The van der Waals surface area contributed by atoms with Crippen molar-refractivity contribution in [2.75, 3.05) is 17.2 Å². The van der Waals surface area contributed by atoms with E-state index >= 15 is 0 Å². The Labute approximate surface area is 185 Å². The van der Waals surface area contributed by atoms with E-state index in [2.05, 4.69) is 20.6 Å². The van der Waals surface area contributed by atoms with Crippen molar-refractivity contribution in [2.24, 2.45) is 0 Å². The standard InChI is InChI=1S/C19H17ClN4O4S2/c1-2-28-16(26)8-14-10-29-18(22-14)23-15(25)7-13-9-30-19(21-13)24-17(27)11-3-5-12(20)6-4-11/h3-6,9-10H,2,7-8H2,1H3,(H,21,24,27)(H,22,23,25). The van der Waals surface area contributed by atoms with Crippen molar-refractivity contribution in [1.82, 2.24) is 9.97 Å². The number of nitrogens with zero attached hydrogens (tertiary/aromatic N) is 2. The van der Waals surface area contributed by atoms with Crippen LogP contribution in [0, 0.1) is 0 Å². The van der Waals surface area contributed by atoms with E-state index in [-0.39, 0.29) is 30.6 Å². The van der Waals surface area contributed by atoms with Crippen LogP contribution in [0.15, 0.2) is 35.0 Å². The number of hydrogen-bond acceptors (Lipinski definition) is 8. The fraction of sp³-hybridized carbons (Fsp3) is 0.211. The minimum Gasteiger partial charge on any atom is -0.466 e. The third-order valence-electron chi connectivity index (χ3n) is 3.65. The van der Waals surface area contributed by atoms with E-state index in [0.29, 0.717) is 38.8 Å². The number of carbonyl (C=O) groups excluding carboxylic acids is 3. The van der Waals surface area contributed by atoms with Crippen LogP contribution in [0.25, 0.3) is 0 Å². The Hall–Kier alpha value is -2.82. The van der Waals surface area contributed by atoms with Gasteiger partial charge in [0.05, 0.1) is 30.8 Å². The highest BCUT2D eigenvalue weighted by Gasteiger charge is 2.14. The summed E-state index contributed by atoms with van der Waals surface area (Å²) in [6.45, 7) is 2.04. The van der Waals surface area contributed by atoms with Gasteiger partial charge in [-0.05, 0) is 31.2 Å². The Kier molecular flexibility index (Phi) is 7.50. The molecule has 0 unspecified atom stereocenters. The summed E-state index contributed by atoms with van der Waals surface area (Å²) in [5, 5.41) is 10.1. The lowest BCUT2D eigenvalue weighted by Crippen LogP contribution is -2.15. The Morgan fingerprint density at radius 3 is 2.20 bits per heavy atom. The Balaban J connectivity index is 1.51. The number of halogens is 1. The van der Waals surface area contributed by atoms with Crippen LogP contribution < -0.4 is 10.6 Å². The first-order valence-corrected chi connectivity index (χ1v) is 11.0. The lowest BCUT2D eigenvalue weighted by Gasteiger charge is -2.02. The van der Waals surface area contributed by atoms with E-state index in [1.54, 1.807) is 41.9 Å². The normalized spacial score (nSPS) is 10.5. The maximum Gasteiger partial charge on any atom is 0.311 e. The molecule has 8 nitrogen and oxygen atoms in total. The molecular formula is C19H17ClN4O4S2. The van der Waals surface area contributed by atoms with Gasteiger partial charge in [-0.15, -0.1) is 22.7 Å². The van der Waals surface area contributed by atoms with Gasteiger partial charge >= 0.3 is 5.97 Å². The number of thiazole rings is 2. The fourth-order valence-electron chi connectivity index (χ4n) is 2.35. The van der Waals surface area contributed by atoms with Crippen LogP contribution >= 0.6 is 34.3 Å². The molecule has 0 fully saturated rings. The highest BCUT2D eigenvalue weighted by Crippen LogP contribution is 2.19. The average Bonchev–Trinajstić information content (AvgIpc) is 3.31. The van der Waals surface area contributed by atoms with Crippen LogP contribution in [-0.2, 0) is 27.2 Å². The molecular weight excluding hydrogens is 448 g/mol. The minimum absolute atomic E-state index is 0.0279. The lowest BCUT2D eigenvalue weighted by molar-refractivity contribution is -0.142. The van der Waals surface area contributed by atoms with Gasteiger partial charge in [-0.3, -0.25) is 19.7 Å². The highest BCUT2D eigenvalue weighted by molar-refractivity contribution is 7.14. The van der Waals surface area contributed by atoms with Gasteiger partial charge in [0.1, 0.15) is 0 Å². The Morgan fingerprint density at radius 2 is 1.57 bits per heavy atom. The zero-order valence-electron chi connectivity index (χ0n) is 15.8. The molecule has 3 aromatic rings. The van der Waals surface area contributed by atoms with Gasteiger partial charge in [0.15, 0.2) is 10.3 Å². The van der Waals surface area contributed by atoms with Crippen molar-refractivity contribution in [2.45, 2.75) is 19.8 Å². The zero-order chi connectivity index (χ0) is 21.5. The number of carbonyl (C=O) groups is 3. The molecule has 2 N–H and O–H groups in total. The summed E-state index contributed by atoms with van der Waals surface area (Å²) in [5.74, 6) is -0.974. The predicted molar refractivity (Wildman–Crippen MR) is 116 cm³/mol. The zero-order valence-corrected chi connectivity index (χ0v) is 18.2. The number of amides is 2. The quantitative estimate of drug-likeness (QED) is 0.491. The van der Waals surface area contributed by atoms with Gasteiger partial charge in [-0.25, -0.2) is 9.97 Å². The van der Waals surface area contributed by atoms with Crippen LogP contribution in [0.4, 0.5) is 10.3 Å². The number of ether oxygens (including phenoxy) is 1. The first-order valence-electron chi connectivity index (χ1n) is 8.84. The summed E-state index contributed by atoms with van der Waals surface area (Å²) >= 11 is 8.27. The second-order valence-electron chi connectivity index (χ2n) is 5.96. The molecule has 156 valence electrons. The van der Waals surface area contributed by atoms with Gasteiger partial charge < -0.3 is 10.1 Å². The van der Waals surface area contributed by atoms with Crippen LogP contribution in [-0.4, -0.2) is 34.4 Å². The number of hydrogen-bond donors (Lipinski definition) is 2. The summed E-state index contributed by atoms with van der Waals surface area (Å²) in [7, 11) is 0. The second kappa shape index (κ2) is 10.3. The Morgan fingerprint density at radius 1 is 0.967 bits per heavy atom. The number of rotatable bonds is 8. The minimum atomic E-state index is -0.365. The van der Waals surface area contributed by atoms with E-state index in [1.807, 2.05) is 0 Å². The number of benzene rings is 1. The van der Waals surface area contributed by atoms with Crippen LogP contribution in [0.1, 0.15) is 28.7 Å². The topological polar surface area (TPSA) is 110 Å². The van der Waals surface area contributed by atoms with Crippen molar-refractivity contribution >= 4 is 62.3 Å². The molecule has 0 atom stereocenters. The third-order valence-corrected chi connectivity index (χ3v) is 5.51. The number of aromatic nitrogens is 2. The smallest absolute Gasteiger partial charge is 0.311 e. The Bertz CT molecular complexity index is 1050. The van der Waals surface area contributed by atoms with Gasteiger partial charge in [-0.2, -0.15) is 0 Å². The molecule has 0 aliphatic carbocycles. The molecule has 30 heavy (non-hydrogen) atoms. The van der Waals surface area contributed by atoms with Crippen molar-refractivity contribution in [1.29, 1.82) is 0 Å². The maximum absolute atomic E-state index is 12.2. The van der Waals surface area contributed by atoms with Gasteiger partial charge in [-0.1, -0.05) is 11.6 Å². The van der Waals surface area contributed by atoms with Crippen molar-refractivity contribution in [3.05, 3.63) is 57.0 Å². The second-order valence-corrected chi connectivity index (χ2v) is 8.11. The highest BCUT2D eigenvalue weighted by atomic mass is 35.5. The average molecular weight is 465 g/mol. The third kappa shape index (κ3) is 6.34. The molecule has 0 aliphatic rings. The molecule has 3 rings (SSSR count). The molecule has 0 saturated heterocycles. The van der Waals surface area contributed by atoms with Crippen LogP contribution in [0.5, 0.6) is 0 Å². The first-order chi connectivity index (χ1) is 14.4. The summed E-state index contributed by atoms with van der Waals surface area (Å²) < 4.78 is 4.87. The first kappa shape index (κ1) is 21.9. The molecule has 0 bridgehead atoms. The summed E-state index contributed by atoms with van der Waals surface area (Å²) in [6, 6.07) is 6.49. The van der Waals surface area contributed by atoms with Crippen molar-refractivity contribution < 1.29 is 19.1 Å². The summed E-state index contributed by atoms with van der Waals surface area (Å²) in [6.07, 6.45) is 0.0864. The van der Waals surface area contributed by atoms with Crippen LogP contribution in [0.3, 0.4) is 0 Å².